The molecule has 0 fully saturated rings. The SMILES string of the molecule is C1=CCC23C=CC=CC2=CSC3=C1. The smallest absolute Gasteiger partial charge is 0.0487 e. The van der Waals surface area contributed by atoms with E-state index in [0.29, 0.717) is 0 Å². The van der Waals surface area contributed by atoms with E-state index in [1.54, 1.807) is 0 Å². The molecule has 1 atom stereocenters. The summed E-state index contributed by atoms with van der Waals surface area (Å²) in [7, 11) is 0. The van der Waals surface area contributed by atoms with Gasteiger partial charge in [0, 0.05) is 10.3 Å². The minimum Gasteiger partial charge on any atom is -0.101 e. The van der Waals surface area contributed by atoms with Gasteiger partial charge < -0.3 is 0 Å². The maximum atomic E-state index is 2.33. The fourth-order valence-electron chi connectivity index (χ4n) is 2.11. The minimum atomic E-state index is 0.216. The molecule has 1 spiro atoms. The van der Waals surface area contributed by atoms with E-state index in [9.17, 15) is 0 Å². The van der Waals surface area contributed by atoms with E-state index < -0.39 is 0 Å². The summed E-state index contributed by atoms with van der Waals surface area (Å²) >= 11 is 1.87. The molecule has 2 aliphatic carbocycles. The van der Waals surface area contributed by atoms with Crippen molar-refractivity contribution in [1.82, 2.24) is 0 Å². The molecule has 1 unspecified atom stereocenters. The summed E-state index contributed by atoms with van der Waals surface area (Å²) < 4.78 is 0. The lowest BCUT2D eigenvalue weighted by Crippen LogP contribution is -2.20. The molecule has 1 aliphatic heterocycles. The second-order valence-electron chi connectivity index (χ2n) is 3.54. The molecule has 0 aromatic rings. The summed E-state index contributed by atoms with van der Waals surface area (Å²) in [5.41, 5.74) is 1.67. The van der Waals surface area contributed by atoms with Gasteiger partial charge in [-0.25, -0.2) is 0 Å². The number of hydrogen-bond acceptors (Lipinski definition) is 1. The van der Waals surface area contributed by atoms with Crippen LogP contribution in [0.15, 0.2) is 58.4 Å². The van der Waals surface area contributed by atoms with Crippen molar-refractivity contribution in [3.8, 4) is 0 Å². The molecular weight excluding hydrogens is 176 g/mol. The minimum absolute atomic E-state index is 0.216. The van der Waals surface area contributed by atoms with Crippen LogP contribution >= 0.6 is 11.8 Å². The standard InChI is InChI=1S/C12H10S/c1-3-7-12-8-4-2-6-11(12)13-9-10(12)5-1/h1-7,9H,8H2. The van der Waals surface area contributed by atoms with Crippen LogP contribution in [0.2, 0.25) is 0 Å². The maximum Gasteiger partial charge on any atom is 0.0487 e. The van der Waals surface area contributed by atoms with Crippen LogP contribution in [0.25, 0.3) is 0 Å². The van der Waals surface area contributed by atoms with Gasteiger partial charge in [0.1, 0.15) is 0 Å². The first-order valence-corrected chi connectivity index (χ1v) is 5.40. The molecule has 3 rings (SSSR count). The van der Waals surface area contributed by atoms with Crippen molar-refractivity contribution in [2.75, 3.05) is 0 Å². The van der Waals surface area contributed by atoms with Crippen LogP contribution in [0.3, 0.4) is 0 Å². The lowest BCUT2D eigenvalue weighted by atomic mass is 9.73. The zero-order chi connectivity index (χ0) is 8.73. The Morgan fingerprint density at radius 1 is 1.23 bits per heavy atom. The Bertz CT molecular complexity index is 393. The van der Waals surface area contributed by atoms with E-state index in [4.69, 9.17) is 0 Å². The van der Waals surface area contributed by atoms with Crippen molar-refractivity contribution >= 4 is 11.8 Å². The molecule has 13 heavy (non-hydrogen) atoms. The van der Waals surface area contributed by atoms with Crippen molar-refractivity contribution in [3.05, 3.63) is 58.4 Å². The van der Waals surface area contributed by atoms with Crippen LogP contribution in [-0.4, -0.2) is 0 Å². The molecule has 0 radical (unpaired) electrons. The van der Waals surface area contributed by atoms with E-state index in [-0.39, 0.29) is 5.41 Å². The molecule has 3 aliphatic rings. The van der Waals surface area contributed by atoms with Gasteiger partial charge in [-0.05, 0) is 17.4 Å². The molecule has 0 aromatic heterocycles. The van der Waals surface area contributed by atoms with Crippen LogP contribution < -0.4 is 0 Å². The van der Waals surface area contributed by atoms with E-state index in [1.165, 1.54) is 10.5 Å². The molecule has 0 nitrogen and oxygen atoms in total. The third kappa shape index (κ3) is 0.881. The van der Waals surface area contributed by atoms with Crippen molar-refractivity contribution < 1.29 is 0 Å². The van der Waals surface area contributed by atoms with Gasteiger partial charge in [0.25, 0.3) is 0 Å². The number of thioether (sulfide) groups is 1. The van der Waals surface area contributed by atoms with Crippen LogP contribution in [0.5, 0.6) is 0 Å². The summed E-state index contributed by atoms with van der Waals surface area (Å²) in [5.74, 6) is 0. The van der Waals surface area contributed by atoms with Gasteiger partial charge in [0.15, 0.2) is 0 Å². The predicted molar refractivity (Wildman–Crippen MR) is 58.2 cm³/mol. The zero-order valence-corrected chi connectivity index (χ0v) is 8.05. The Hall–Kier alpha value is -0.950. The molecule has 0 bridgehead atoms. The van der Waals surface area contributed by atoms with Crippen molar-refractivity contribution in [3.63, 3.8) is 0 Å². The summed E-state index contributed by atoms with van der Waals surface area (Å²) in [5, 5.41) is 2.28. The number of rotatable bonds is 0. The van der Waals surface area contributed by atoms with Gasteiger partial charge in [0.05, 0.1) is 0 Å². The average Bonchev–Trinajstić information content (AvgIpc) is 2.56. The van der Waals surface area contributed by atoms with E-state index in [1.807, 2.05) is 11.8 Å². The fraction of sp³-hybridized carbons (Fsp3) is 0.167. The number of hydrogen-bond donors (Lipinski definition) is 0. The molecular formula is C12H10S. The molecule has 0 saturated carbocycles. The molecule has 0 N–H and O–H groups in total. The molecule has 64 valence electrons. The summed E-state index contributed by atoms with van der Waals surface area (Å²) in [6.07, 6.45) is 16.6. The Balaban J connectivity index is 2.18. The van der Waals surface area contributed by atoms with Gasteiger partial charge >= 0.3 is 0 Å². The van der Waals surface area contributed by atoms with E-state index in [0.717, 1.165) is 6.42 Å². The summed E-state index contributed by atoms with van der Waals surface area (Å²) in [6, 6.07) is 0. The normalized spacial score (nSPS) is 33.8. The molecule has 1 heterocycles. The molecule has 0 saturated heterocycles. The first-order chi connectivity index (χ1) is 6.42. The Labute approximate surface area is 82.4 Å². The van der Waals surface area contributed by atoms with Gasteiger partial charge in [-0.2, -0.15) is 0 Å². The van der Waals surface area contributed by atoms with Crippen molar-refractivity contribution in [1.29, 1.82) is 0 Å². The van der Waals surface area contributed by atoms with Gasteiger partial charge in [-0.1, -0.05) is 42.5 Å². The molecule has 0 aromatic carbocycles. The van der Waals surface area contributed by atoms with Crippen LogP contribution in [0.1, 0.15) is 6.42 Å². The number of allylic oxidation sites excluding steroid dienone is 9. The predicted octanol–water partition coefficient (Wildman–Crippen LogP) is 3.57. The Morgan fingerprint density at radius 3 is 3.23 bits per heavy atom. The Kier molecular flexibility index (Phi) is 1.44. The second kappa shape index (κ2) is 2.52. The average molecular weight is 186 g/mol. The van der Waals surface area contributed by atoms with Gasteiger partial charge in [-0.15, -0.1) is 11.8 Å². The highest BCUT2D eigenvalue weighted by atomic mass is 32.2. The second-order valence-corrected chi connectivity index (χ2v) is 4.46. The third-order valence-corrected chi connectivity index (χ3v) is 3.98. The fourth-order valence-corrected chi connectivity index (χ4v) is 3.29. The van der Waals surface area contributed by atoms with Crippen LogP contribution in [0.4, 0.5) is 0 Å². The summed E-state index contributed by atoms with van der Waals surface area (Å²) in [4.78, 5) is 1.48. The zero-order valence-electron chi connectivity index (χ0n) is 7.23. The van der Waals surface area contributed by atoms with Gasteiger partial charge in [-0.3, -0.25) is 0 Å². The largest absolute Gasteiger partial charge is 0.101 e. The van der Waals surface area contributed by atoms with Crippen LogP contribution in [-0.2, 0) is 0 Å². The first kappa shape index (κ1) is 7.45. The van der Waals surface area contributed by atoms with Crippen molar-refractivity contribution in [2.24, 2.45) is 5.41 Å². The first-order valence-electron chi connectivity index (χ1n) is 4.52. The highest BCUT2D eigenvalue weighted by Crippen LogP contribution is 2.55. The maximum absolute atomic E-state index is 2.33. The van der Waals surface area contributed by atoms with E-state index in [2.05, 4.69) is 47.9 Å². The Morgan fingerprint density at radius 2 is 2.23 bits per heavy atom. The lowest BCUT2D eigenvalue weighted by molar-refractivity contribution is 0.598. The van der Waals surface area contributed by atoms with Gasteiger partial charge in [0.2, 0.25) is 0 Å². The highest BCUT2D eigenvalue weighted by Gasteiger charge is 2.39. The highest BCUT2D eigenvalue weighted by molar-refractivity contribution is 8.06. The van der Waals surface area contributed by atoms with Crippen molar-refractivity contribution in [2.45, 2.75) is 6.42 Å². The molecule has 1 heteroatoms. The quantitative estimate of drug-likeness (QED) is 0.557. The topological polar surface area (TPSA) is 0 Å². The lowest BCUT2D eigenvalue weighted by Gasteiger charge is -2.31. The van der Waals surface area contributed by atoms with Crippen LogP contribution in [0, 0.1) is 5.41 Å². The molecule has 0 amide bonds. The summed E-state index contributed by atoms with van der Waals surface area (Å²) in [6.45, 7) is 0. The van der Waals surface area contributed by atoms with E-state index >= 15 is 0 Å². The monoisotopic (exact) mass is 186 g/mol. The third-order valence-electron chi connectivity index (χ3n) is 2.86.